The highest BCUT2D eigenvalue weighted by Crippen LogP contribution is 2.54. The molecule has 0 saturated carbocycles. The van der Waals surface area contributed by atoms with Crippen LogP contribution in [0.4, 0.5) is 17.2 Å². The molecule has 1 aliphatic rings. The summed E-state index contributed by atoms with van der Waals surface area (Å²) in [5.74, 6) is 0.878. The zero-order valence-electron chi connectivity index (χ0n) is 22.5. The van der Waals surface area contributed by atoms with Gasteiger partial charge in [-0.3, -0.25) is 9.88 Å². The van der Waals surface area contributed by atoms with E-state index >= 15 is 0 Å². The number of hydrogen-bond acceptors (Lipinski definition) is 4. The molecule has 0 fully saturated rings. The van der Waals surface area contributed by atoms with E-state index in [9.17, 15) is 0 Å². The summed E-state index contributed by atoms with van der Waals surface area (Å²) in [6, 6.07) is 45.6. The van der Waals surface area contributed by atoms with Crippen molar-refractivity contribution in [2.24, 2.45) is 0 Å². The maximum Gasteiger partial charge on any atom is 0.138 e. The van der Waals surface area contributed by atoms with Gasteiger partial charge in [0.15, 0.2) is 0 Å². The Hall–Kier alpha value is -5.32. The predicted octanol–water partition coefficient (Wildman–Crippen LogP) is 10.8. The molecule has 0 atom stereocenters. The Morgan fingerprint density at radius 3 is 2.24 bits per heavy atom. The monoisotopic (exact) mass is 553 g/mol. The van der Waals surface area contributed by atoms with Crippen molar-refractivity contribution in [1.82, 2.24) is 9.97 Å². The largest absolute Gasteiger partial charge is 0.294 e. The summed E-state index contributed by atoms with van der Waals surface area (Å²) >= 11 is 1.85. The zero-order chi connectivity index (χ0) is 27.6. The van der Waals surface area contributed by atoms with Crippen molar-refractivity contribution < 1.29 is 0 Å². The summed E-state index contributed by atoms with van der Waals surface area (Å²) in [6.07, 6.45) is 3.74. The van der Waals surface area contributed by atoms with Crippen LogP contribution in [0.15, 0.2) is 140 Å². The van der Waals surface area contributed by atoms with Crippen molar-refractivity contribution >= 4 is 59.5 Å². The molecule has 0 N–H and O–H groups in total. The third-order valence-electron chi connectivity index (χ3n) is 8.31. The summed E-state index contributed by atoms with van der Waals surface area (Å²) < 4.78 is 2.58. The van der Waals surface area contributed by atoms with E-state index in [0.717, 1.165) is 28.5 Å². The number of rotatable bonds is 3. The Balaban J connectivity index is 1.38. The Labute approximate surface area is 247 Å². The maximum absolute atomic E-state index is 4.95. The van der Waals surface area contributed by atoms with Crippen molar-refractivity contribution in [2.75, 3.05) is 4.90 Å². The third-order valence-corrected chi connectivity index (χ3v) is 9.44. The van der Waals surface area contributed by atoms with Crippen LogP contribution in [-0.4, -0.2) is 9.97 Å². The molecule has 0 unspecified atom stereocenters. The SMILES string of the molecule is c1ccc(-c2ccc3c4c(cccc24)-c2cc4c(cc2N3c2cc(-c3ccccn3)ccn2)sc2ccccc24)cc1. The minimum Gasteiger partial charge on any atom is -0.294 e. The fraction of sp³-hybridized carbons (Fsp3) is 0. The highest BCUT2D eigenvalue weighted by molar-refractivity contribution is 7.25. The molecular weight excluding hydrogens is 531 g/mol. The van der Waals surface area contributed by atoms with E-state index in [1.165, 1.54) is 53.2 Å². The third kappa shape index (κ3) is 3.46. The van der Waals surface area contributed by atoms with Gasteiger partial charge in [0.05, 0.1) is 17.1 Å². The molecule has 0 saturated heterocycles. The molecule has 3 aromatic heterocycles. The summed E-state index contributed by atoms with van der Waals surface area (Å²) in [6.45, 7) is 0. The number of nitrogens with zero attached hydrogens (tertiary/aromatic N) is 3. The summed E-state index contributed by atoms with van der Waals surface area (Å²) in [5.41, 5.74) is 9.18. The lowest BCUT2D eigenvalue weighted by molar-refractivity contribution is 1.18. The molecular formula is C38H23N3S. The second-order valence-electron chi connectivity index (χ2n) is 10.6. The van der Waals surface area contributed by atoms with Crippen molar-refractivity contribution in [1.29, 1.82) is 0 Å². The van der Waals surface area contributed by atoms with Crippen LogP contribution in [0.25, 0.3) is 64.5 Å². The number of thiophene rings is 1. The number of anilines is 3. The standard InChI is InChI=1S/C38H23N3S/c1-2-9-24(10-3-1)26-16-17-33-38-28(26)12-8-13-29(38)30-22-31-27-11-4-5-15-35(27)42-36(31)23-34(30)41(33)37-21-25(18-20-40-37)32-14-6-7-19-39-32/h1-23H. The van der Waals surface area contributed by atoms with E-state index in [-0.39, 0.29) is 0 Å². The Morgan fingerprint density at radius 1 is 0.476 bits per heavy atom. The van der Waals surface area contributed by atoms with Gasteiger partial charge in [-0.15, -0.1) is 11.3 Å². The van der Waals surface area contributed by atoms with Gasteiger partial charge in [-0.2, -0.15) is 0 Å². The van der Waals surface area contributed by atoms with Crippen LogP contribution >= 0.6 is 11.3 Å². The van der Waals surface area contributed by atoms with Gasteiger partial charge < -0.3 is 0 Å². The Morgan fingerprint density at radius 2 is 1.33 bits per heavy atom. The average molecular weight is 554 g/mol. The van der Waals surface area contributed by atoms with Crippen molar-refractivity contribution in [3.05, 3.63) is 140 Å². The first-order valence-corrected chi connectivity index (χ1v) is 14.9. The normalized spacial score (nSPS) is 12.2. The molecule has 0 amide bonds. The van der Waals surface area contributed by atoms with Gasteiger partial charge in [0.25, 0.3) is 0 Å². The van der Waals surface area contributed by atoms with Crippen molar-refractivity contribution in [2.45, 2.75) is 0 Å². The topological polar surface area (TPSA) is 29.0 Å². The minimum absolute atomic E-state index is 0.878. The van der Waals surface area contributed by atoms with Crippen LogP contribution in [0, 0.1) is 0 Å². The molecule has 5 aromatic carbocycles. The van der Waals surface area contributed by atoms with E-state index in [1.54, 1.807) is 0 Å². The summed E-state index contributed by atoms with van der Waals surface area (Å²) in [7, 11) is 0. The fourth-order valence-electron chi connectivity index (χ4n) is 6.44. The number of hydrogen-bond donors (Lipinski definition) is 0. The first kappa shape index (κ1) is 23.4. The van der Waals surface area contributed by atoms with E-state index < -0.39 is 0 Å². The molecule has 4 heteroatoms. The highest BCUT2D eigenvalue weighted by atomic mass is 32.1. The molecule has 42 heavy (non-hydrogen) atoms. The van der Waals surface area contributed by atoms with E-state index in [0.29, 0.717) is 0 Å². The fourth-order valence-corrected chi connectivity index (χ4v) is 7.56. The van der Waals surface area contributed by atoms with E-state index in [2.05, 4.69) is 113 Å². The van der Waals surface area contributed by atoms with Gasteiger partial charge in [0, 0.05) is 49.1 Å². The maximum atomic E-state index is 4.95. The zero-order valence-corrected chi connectivity index (χ0v) is 23.3. The Kier molecular flexibility index (Phi) is 5.07. The van der Waals surface area contributed by atoms with Crippen molar-refractivity contribution in [3.63, 3.8) is 0 Å². The quantitative estimate of drug-likeness (QED) is 0.218. The molecule has 0 spiro atoms. The van der Waals surface area contributed by atoms with Gasteiger partial charge in [-0.05, 0) is 70.6 Å². The average Bonchev–Trinajstić information content (AvgIpc) is 3.43. The minimum atomic E-state index is 0.878. The van der Waals surface area contributed by atoms with Crippen LogP contribution in [0.1, 0.15) is 0 Å². The van der Waals surface area contributed by atoms with Gasteiger partial charge in [0.1, 0.15) is 5.82 Å². The molecule has 0 radical (unpaired) electrons. The van der Waals surface area contributed by atoms with Gasteiger partial charge in [0.2, 0.25) is 0 Å². The summed E-state index contributed by atoms with van der Waals surface area (Å²) in [4.78, 5) is 11.9. The van der Waals surface area contributed by atoms with E-state index in [4.69, 9.17) is 4.98 Å². The molecule has 196 valence electrons. The van der Waals surface area contributed by atoms with Crippen LogP contribution in [-0.2, 0) is 0 Å². The Bertz CT molecular complexity index is 2310. The van der Waals surface area contributed by atoms with Crippen LogP contribution in [0.3, 0.4) is 0 Å². The lowest BCUT2D eigenvalue weighted by atomic mass is 9.87. The van der Waals surface area contributed by atoms with Gasteiger partial charge in [-0.25, -0.2) is 4.98 Å². The van der Waals surface area contributed by atoms with Crippen molar-refractivity contribution in [3.8, 4) is 33.5 Å². The molecule has 1 aliphatic heterocycles. The molecule has 0 bridgehead atoms. The first-order chi connectivity index (χ1) is 20.8. The predicted molar refractivity (Wildman–Crippen MR) is 177 cm³/mol. The number of aromatic nitrogens is 2. The van der Waals surface area contributed by atoms with Gasteiger partial charge in [-0.1, -0.05) is 78.9 Å². The lowest BCUT2D eigenvalue weighted by Gasteiger charge is -2.33. The molecule has 3 nitrogen and oxygen atoms in total. The van der Waals surface area contributed by atoms with Crippen LogP contribution < -0.4 is 4.90 Å². The van der Waals surface area contributed by atoms with Gasteiger partial charge >= 0.3 is 0 Å². The second kappa shape index (κ2) is 9.10. The number of benzene rings is 5. The van der Waals surface area contributed by atoms with E-state index in [1.807, 2.05) is 48.0 Å². The lowest BCUT2D eigenvalue weighted by Crippen LogP contribution is -2.16. The second-order valence-corrected chi connectivity index (χ2v) is 11.7. The smallest absolute Gasteiger partial charge is 0.138 e. The summed E-state index contributed by atoms with van der Waals surface area (Å²) in [5, 5.41) is 5.08. The first-order valence-electron chi connectivity index (χ1n) is 14.1. The molecule has 4 heterocycles. The molecule has 8 aromatic rings. The number of pyridine rings is 2. The molecule has 0 aliphatic carbocycles. The highest BCUT2D eigenvalue weighted by Gasteiger charge is 2.29. The molecule has 9 rings (SSSR count). The van der Waals surface area contributed by atoms with Crippen LogP contribution in [0.5, 0.6) is 0 Å². The van der Waals surface area contributed by atoms with Crippen LogP contribution in [0.2, 0.25) is 0 Å². The number of fused-ring (bicyclic) bond motifs is 5.